The van der Waals surface area contributed by atoms with Gasteiger partial charge in [0.05, 0.1) is 0 Å². The summed E-state index contributed by atoms with van der Waals surface area (Å²) < 4.78 is 4.43. The molecule has 0 radical (unpaired) electrons. The first-order chi connectivity index (χ1) is 5.99. The molecule has 0 amide bonds. The zero-order valence-electron chi connectivity index (χ0n) is 7.11. The molecule has 5 nitrogen and oxygen atoms in total. The van der Waals surface area contributed by atoms with Gasteiger partial charge in [0, 0.05) is 6.42 Å². The highest BCUT2D eigenvalue weighted by atomic mass is 16.6. The minimum atomic E-state index is -1.56. The van der Waals surface area contributed by atoms with Crippen LogP contribution in [0.5, 0.6) is 0 Å². The number of carbonyl (C=O) groups excluding carboxylic acids is 1. The van der Waals surface area contributed by atoms with Gasteiger partial charge in [-0.25, -0.2) is 9.59 Å². The maximum Gasteiger partial charge on any atom is 0.371 e. The number of ether oxygens (including phenoxy) is 1. The van der Waals surface area contributed by atoms with Crippen molar-refractivity contribution >= 4 is 11.9 Å². The van der Waals surface area contributed by atoms with Crippen LogP contribution in [-0.4, -0.2) is 27.8 Å². The van der Waals surface area contributed by atoms with Crippen molar-refractivity contribution < 1.29 is 24.5 Å². The van der Waals surface area contributed by atoms with Crippen molar-refractivity contribution in [3.8, 4) is 0 Å². The Balaban J connectivity index is 2.86. The molecule has 13 heavy (non-hydrogen) atoms. The lowest BCUT2D eigenvalue weighted by Gasteiger charge is -2.26. The standard InChI is InChI=1S/C8H10O5/c1-2-8(12)4-3-5(6(9)10)13-7(8)11/h3,12H,2,4H2,1H3,(H,9,10). The van der Waals surface area contributed by atoms with Gasteiger partial charge in [-0.1, -0.05) is 6.92 Å². The SMILES string of the molecule is CCC1(O)CC=C(C(=O)O)OC1=O. The summed E-state index contributed by atoms with van der Waals surface area (Å²) in [6.45, 7) is 1.63. The van der Waals surface area contributed by atoms with Gasteiger partial charge in [0.15, 0.2) is 5.60 Å². The van der Waals surface area contributed by atoms with E-state index >= 15 is 0 Å². The summed E-state index contributed by atoms with van der Waals surface area (Å²) in [5.74, 6) is -2.61. The highest BCUT2D eigenvalue weighted by Gasteiger charge is 2.39. The minimum absolute atomic E-state index is 0.00995. The molecule has 0 aromatic carbocycles. The number of esters is 1. The molecule has 1 aliphatic heterocycles. The summed E-state index contributed by atoms with van der Waals surface area (Å²) in [5, 5.41) is 18.0. The molecule has 1 rings (SSSR count). The van der Waals surface area contributed by atoms with Crippen LogP contribution in [0.4, 0.5) is 0 Å². The van der Waals surface area contributed by atoms with Crippen molar-refractivity contribution in [1.82, 2.24) is 0 Å². The minimum Gasteiger partial charge on any atom is -0.475 e. The van der Waals surface area contributed by atoms with Gasteiger partial charge in [0.1, 0.15) is 0 Å². The second kappa shape index (κ2) is 3.18. The van der Waals surface area contributed by atoms with Crippen LogP contribution < -0.4 is 0 Å². The Labute approximate surface area is 74.6 Å². The fourth-order valence-corrected chi connectivity index (χ4v) is 1.00. The molecular weight excluding hydrogens is 176 g/mol. The van der Waals surface area contributed by atoms with E-state index in [2.05, 4.69) is 4.74 Å². The molecule has 0 spiro atoms. The molecule has 0 aromatic rings. The Hall–Kier alpha value is -1.36. The average molecular weight is 186 g/mol. The topological polar surface area (TPSA) is 83.8 Å². The van der Waals surface area contributed by atoms with Crippen molar-refractivity contribution in [2.24, 2.45) is 0 Å². The van der Waals surface area contributed by atoms with Gasteiger partial charge in [-0.3, -0.25) is 0 Å². The number of carboxylic acid groups (broad SMARTS) is 1. The molecule has 0 saturated carbocycles. The molecule has 72 valence electrons. The Morgan fingerprint density at radius 2 is 2.38 bits per heavy atom. The van der Waals surface area contributed by atoms with Crippen molar-refractivity contribution in [2.75, 3.05) is 0 Å². The van der Waals surface area contributed by atoms with Crippen molar-refractivity contribution in [1.29, 1.82) is 0 Å². The Kier molecular flexibility index (Phi) is 2.38. The summed E-state index contributed by atoms with van der Waals surface area (Å²) in [6.07, 6.45) is 1.40. The van der Waals surface area contributed by atoms with Crippen LogP contribution in [0, 0.1) is 0 Å². The van der Waals surface area contributed by atoms with Crippen molar-refractivity contribution in [2.45, 2.75) is 25.4 Å². The van der Waals surface area contributed by atoms with E-state index in [1.807, 2.05) is 0 Å². The smallest absolute Gasteiger partial charge is 0.371 e. The van der Waals surface area contributed by atoms with E-state index in [1.54, 1.807) is 6.92 Å². The molecule has 0 bridgehead atoms. The second-order valence-corrected chi connectivity index (χ2v) is 2.85. The van der Waals surface area contributed by atoms with Gasteiger partial charge in [0.2, 0.25) is 5.76 Å². The summed E-state index contributed by atoms with van der Waals surface area (Å²) in [6, 6.07) is 0. The van der Waals surface area contributed by atoms with E-state index in [9.17, 15) is 14.7 Å². The zero-order valence-corrected chi connectivity index (χ0v) is 7.11. The fourth-order valence-electron chi connectivity index (χ4n) is 1.00. The quantitative estimate of drug-likeness (QED) is 0.595. The van der Waals surface area contributed by atoms with E-state index < -0.39 is 23.3 Å². The van der Waals surface area contributed by atoms with Gasteiger partial charge in [-0.15, -0.1) is 0 Å². The molecule has 0 aliphatic carbocycles. The van der Waals surface area contributed by atoms with Crippen LogP contribution in [0.25, 0.3) is 0 Å². The fraction of sp³-hybridized carbons (Fsp3) is 0.500. The van der Waals surface area contributed by atoms with E-state index in [-0.39, 0.29) is 12.8 Å². The summed E-state index contributed by atoms with van der Waals surface area (Å²) in [7, 11) is 0. The third-order valence-electron chi connectivity index (χ3n) is 2.00. The van der Waals surface area contributed by atoms with Gasteiger partial charge in [0.25, 0.3) is 0 Å². The van der Waals surface area contributed by atoms with Crippen molar-refractivity contribution in [3.63, 3.8) is 0 Å². The number of rotatable bonds is 2. The van der Waals surface area contributed by atoms with Crippen LogP contribution in [0.1, 0.15) is 19.8 Å². The third-order valence-corrected chi connectivity index (χ3v) is 2.00. The number of cyclic esters (lactones) is 1. The molecule has 0 aromatic heterocycles. The van der Waals surface area contributed by atoms with Crippen LogP contribution in [0.2, 0.25) is 0 Å². The van der Waals surface area contributed by atoms with Crippen LogP contribution in [0.3, 0.4) is 0 Å². The largest absolute Gasteiger partial charge is 0.475 e. The molecule has 1 aliphatic rings. The molecule has 1 heterocycles. The summed E-state index contributed by atoms with van der Waals surface area (Å²) in [5.41, 5.74) is -1.56. The second-order valence-electron chi connectivity index (χ2n) is 2.85. The number of hydrogen-bond donors (Lipinski definition) is 2. The normalized spacial score (nSPS) is 27.8. The van der Waals surface area contributed by atoms with Crippen LogP contribution >= 0.6 is 0 Å². The Morgan fingerprint density at radius 3 is 2.77 bits per heavy atom. The van der Waals surface area contributed by atoms with Gasteiger partial charge in [-0.2, -0.15) is 0 Å². The number of hydrogen-bond acceptors (Lipinski definition) is 4. The maximum absolute atomic E-state index is 11.1. The van der Waals surface area contributed by atoms with Crippen LogP contribution in [0.15, 0.2) is 11.8 Å². The molecule has 0 saturated heterocycles. The molecule has 2 N–H and O–H groups in total. The van der Waals surface area contributed by atoms with Gasteiger partial charge >= 0.3 is 11.9 Å². The first kappa shape index (κ1) is 9.73. The number of carboxylic acids is 1. The Bertz CT molecular complexity index is 280. The van der Waals surface area contributed by atoms with Crippen LogP contribution in [-0.2, 0) is 14.3 Å². The van der Waals surface area contributed by atoms with E-state index in [0.29, 0.717) is 0 Å². The maximum atomic E-state index is 11.1. The van der Waals surface area contributed by atoms with Gasteiger partial charge < -0.3 is 14.9 Å². The monoisotopic (exact) mass is 186 g/mol. The van der Waals surface area contributed by atoms with Gasteiger partial charge in [-0.05, 0) is 12.5 Å². The lowest BCUT2D eigenvalue weighted by atomic mass is 9.94. The number of aliphatic hydroxyl groups is 1. The third kappa shape index (κ3) is 1.70. The van der Waals surface area contributed by atoms with Crippen molar-refractivity contribution in [3.05, 3.63) is 11.8 Å². The lowest BCUT2D eigenvalue weighted by Crippen LogP contribution is -2.42. The molecule has 5 heteroatoms. The predicted molar refractivity (Wildman–Crippen MR) is 41.7 cm³/mol. The molecular formula is C8H10O5. The summed E-state index contributed by atoms with van der Waals surface area (Å²) >= 11 is 0. The van der Waals surface area contributed by atoms with E-state index in [1.165, 1.54) is 6.08 Å². The lowest BCUT2D eigenvalue weighted by molar-refractivity contribution is -0.167. The molecule has 0 fully saturated rings. The average Bonchev–Trinajstić information content (AvgIpc) is 2.09. The summed E-state index contributed by atoms with van der Waals surface area (Å²) in [4.78, 5) is 21.5. The van der Waals surface area contributed by atoms with E-state index in [0.717, 1.165) is 0 Å². The predicted octanol–water partition coefficient (Wildman–Crippen LogP) is 0.0429. The highest BCUT2D eigenvalue weighted by Crippen LogP contribution is 2.24. The first-order valence-electron chi connectivity index (χ1n) is 3.87. The molecule has 1 atom stereocenters. The number of aliphatic carboxylic acids is 1. The highest BCUT2D eigenvalue weighted by molar-refractivity contribution is 5.92. The zero-order chi connectivity index (χ0) is 10.1. The Morgan fingerprint density at radius 1 is 1.77 bits per heavy atom. The van der Waals surface area contributed by atoms with E-state index in [4.69, 9.17) is 5.11 Å². The molecule has 1 unspecified atom stereocenters. The number of carbonyl (C=O) groups is 2. The first-order valence-corrected chi connectivity index (χ1v) is 3.87.